The largest absolute Gasteiger partial charge is 0.492 e. The number of nitrogens with one attached hydrogen (secondary N) is 1. The summed E-state index contributed by atoms with van der Waals surface area (Å²) in [6.45, 7) is 2.30. The fraction of sp³-hybridized carbons (Fsp3) is 0.360. The second kappa shape index (κ2) is 11.3. The van der Waals surface area contributed by atoms with Crippen molar-refractivity contribution in [2.75, 3.05) is 25.0 Å². The number of aryl methyl sites for hydroxylation is 1. The van der Waals surface area contributed by atoms with Crippen LogP contribution in [0.2, 0.25) is 0 Å². The molecule has 1 aliphatic heterocycles. The van der Waals surface area contributed by atoms with Crippen LogP contribution in [-0.2, 0) is 22.6 Å². The number of carbonyl (C=O) groups excluding carboxylic acids is 2. The molecule has 0 radical (unpaired) electrons. The van der Waals surface area contributed by atoms with Crippen LogP contribution < -0.4 is 10.1 Å². The normalized spacial score (nSPS) is 14.1. The van der Waals surface area contributed by atoms with E-state index in [-0.39, 0.29) is 17.7 Å². The smallest absolute Gasteiger partial charge is 0.227 e. The number of amides is 2. The number of benzene rings is 2. The Morgan fingerprint density at radius 3 is 2.64 bits per heavy atom. The quantitative estimate of drug-likeness (QED) is 0.544. The van der Waals surface area contributed by atoms with Gasteiger partial charge in [0.2, 0.25) is 11.8 Å². The molecule has 2 amide bonds. The number of likely N-dealkylation sites (tertiary alicyclic amines) is 1. The molecule has 0 atom stereocenters. The van der Waals surface area contributed by atoms with Crippen molar-refractivity contribution < 1.29 is 14.3 Å². The van der Waals surface area contributed by atoms with Gasteiger partial charge in [0.05, 0.1) is 6.54 Å². The van der Waals surface area contributed by atoms with Crippen molar-refractivity contribution in [3.8, 4) is 5.75 Å². The van der Waals surface area contributed by atoms with Gasteiger partial charge in [-0.05, 0) is 37.0 Å². The Morgan fingerprint density at radius 1 is 1.06 bits per heavy atom. The molecule has 0 saturated carbocycles. The molecular weight excluding hydrogens is 418 g/mol. The van der Waals surface area contributed by atoms with Crippen molar-refractivity contribution in [1.29, 1.82) is 0 Å². The average molecular weight is 448 g/mol. The van der Waals surface area contributed by atoms with Crippen LogP contribution in [0, 0.1) is 5.92 Å². The number of aromatic nitrogens is 3. The number of piperidine rings is 1. The summed E-state index contributed by atoms with van der Waals surface area (Å²) in [4.78, 5) is 31.1. The Hall–Kier alpha value is -3.68. The lowest BCUT2D eigenvalue weighted by atomic mass is 9.95. The van der Waals surface area contributed by atoms with E-state index in [1.807, 2.05) is 59.5 Å². The first kappa shape index (κ1) is 22.5. The van der Waals surface area contributed by atoms with Crippen molar-refractivity contribution in [3.63, 3.8) is 0 Å². The van der Waals surface area contributed by atoms with Crippen molar-refractivity contribution in [2.45, 2.75) is 32.2 Å². The summed E-state index contributed by atoms with van der Waals surface area (Å²) >= 11 is 0. The maximum atomic E-state index is 12.8. The lowest BCUT2D eigenvalue weighted by molar-refractivity contribution is -0.134. The Kier molecular flexibility index (Phi) is 7.68. The van der Waals surface area contributed by atoms with Gasteiger partial charge < -0.3 is 15.0 Å². The van der Waals surface area contributed by atoms with Gasteiger partial charge in [-0.1, -0.05) is 36.4 Å². The van der Waals surface area contributed by atoms with E-state index in [2.05, 4.69) is 15.4 Å². The summed E-state index contributed by atoms with van der Waals surface area (Å²) in [7, 11) is 0. The van der Waals surface area contributed by atoms with Crippen LogP contribution >= 0.6 is 0 Å². The first-order chi connectivity index (χ1) is 16.2. The second-order valence-corrected chi connectivity index (χ2v) is 8.16. The van der Waals surface area contributed by atoms with Crippen molar-refractivity contribution in [1.82, 2.24) is 19.7 Å². The zero-order valence-electron chi connectivity index (χ0n) is 18.6. The molecule has 1 saturated heterocycles. The monoisotopic (exact) mass is 447 g/mol. The van der Waals surface area contributed by atoms with Crippen LogP contribution in [-0.4, -0.2) is 51.2 Å². The molecule has 33 heavy (non-hydrogen) atoms. The van der Waals surface area contributed by atoms with E-state index < -0.39 is 0 Å². The first-order valence-corrected chi connectivity index (χ1v) is 11.4. The van der Waals surface area contributed by atoms with E-state index in [4.69, 9.17) is 4.74 Å². The average Bonchev–Trinajstić information content (AvgIpc) is 3.37. The van der Waals surface area contributed by atoms with Gasteiger partial charge in [-0.15, -0.1) is 0 Å². The summed E-state index contributed by atoms with van der Waals surface area (Å²) in [5.74, 6) is 0.742. The van der Waals surface area contributed by atoms with Crippen molar-refractivity contribution in [2.24, 2.45) is 5.92 Å². The molecular formula is C25H29N5O3. The standard InChI is InChI=1S/C25H29N5O3/c31-24(10-9-20-5-2-1-3-6-20)29-13-11-21(12-14-29)25(32)28-22-7-4-8-23(17-22)33-16-15-30-19-26-18-27-30/h1-8,17-19,21H,9-16H2,(H,28,32). The molecule has 0 aliphatic carbocycles. The predicted octanol–water partition coefficient (Wildman–Crippen LogP) is 3.17. The van der Waals surface area contributed by atoms with Gasteiger partial charge in [0.1, 0.15) is 25.0 Å². The van der Waals surface area contributed by atoms with Gasteiger partial charge in [-0.2, -0.15) is 5.10 Å². The molecule has 3 aromatic rings. The zero-order chi connectivity index (χ0) is 22.9. The number of anilines is 1. The van der Waals surface area contributed by atoms with Crippen LogP contribution in [0.5, 0.6) is 5.75 Å². The highest BCUT2D eigenvalue weighted by Gasteiger charge is 2.27. The van der Waals surface area contributed by atoms with Gasteiger partial charge >= 0.3 is 0 Å². The van der Waals surface area contributed by atoms with E-state index in [1.54, 1.807) is 11.0 Å². The summed E-state index contributed by atoms with van der Waals surface area (Å²) in [6, 6.07) is 17.4. The van der Waals surface area contributed by atoms with Gasteiger partial charge in [-0.25, -0.2) is 9.67 Å². The Balaban J connectivity index is 1.20. The third-order valence-electron chi connectivity index (χ3n) is 5.85. The zero-order valence-corrected chi connectivity index (χ0v) is 18.6. The number of hydrogen-bond acceptors (Lipinski definition) is 5. The maximum Gasteiger partial charge on any atom is 0.227 e. The number of ether oxygens (including phenoxy) is 1. The molecule has 8 nitrogen and oxygen atoms in total. The highest BCUT2D eigenvalue weighted by atomic mass is 16.5. The SMILES string of the molecule is O=C(Nc1cccc(OCCn2cncn2)c1)C1CCN(C(=O)CCc2ccccc2)CC1. The molecule has 2 aromatic carbocycles. The molecule has 4 rings (SSSR count). The van der Waals surface area contributed by atoms with Crippen LogP contribution in [0.15, 0.2) is 67.3 Å². The summed E-state index contributed by atoms with van der Waals surface area (Å²) in [6.07, 6.45) is 5.74. The summed E-state index contributed by atoms with van der Waals surface area (Å²) < 4.78 is 7.46. The van der Waals surface area contributed by atoms with E-state index in [1.165, 1.54) is 11.9 Å². The molecule has 1 aromatic heterocycles. The Labute approximate surface area is 193 Å². The predicted molar refractivity (Wildman–Crippen MR) is 125 cm³/mol. The number of nitrogens with zero attached hydrogens (tertiary/aromatic N) is 4. The summed E-state index contributed by atoms with van der Waals surface area (Å²) in [5, 5.41) is 7.04. The van der Waals surface area contributed by atoms with E-state index in [0.717, 1.165) is 6.42 Å². The molecule has 1 aliphatic rings. The van der Waals surface area contributed by atoms with Crippen LogP contribution in [0.1, 0.15) is 24.8 Å². The minimum atomic E-state index is -0.0972. The fourth-order valence-corrected chi connectivity index (χ4v) is 3.96. The van der Waals surface area contributed by atoms with Gasteiger partial charge in [0.25, 0.3) is 0 Å². The van der Waals surface area contributed by atoms with E-state index in [9.17, 15) is 9.59 Å². The topological polar surface area (TPSA) is 89.3 Å². The van der Waals surface area contributed by atoms with E-state index in [0.29, 0.717) is 56.9 Å². The van der Waals surface area contributed by atoms with Crippen molar-refractivity contribution in [3.05, 3.63) is 72.8 Å². The van der Waals surface area contributed by atoms with Crippen LogP contribution in [0.25, 0.3) is 0 Å². The molecule has 8 heteroatoms. The van der Waals surface area contributed by atoms with Gasteiger partial charge in [-0.3, -0.25) is 9.59 Å². The lowest BCUT2D eigenvalue weighted by Gasteiger charge is -2.31. The fourth-order valence-electron chi connectivity index (χ4n) is 3.96. The minimum Gasteiger partial charge on any atom is -0.492 e. The Bertz CT molecular complexity index is 1030. The maximum absolute atomic E-state index is 12.8. The Morgan fingerprint density at radius 2 is 1.88 bits per heavy atom. The van der Waals surface area contributed by atoms with Crippen LogP contribution in [0.4, 0.5) is 5.69 Å². The highest BCUT2D eigenvalue weighted by Crippen LogP contribution is 2.22. The number of rotatable bonds is 9. The highest BCUT2D eigenvalue weighted by molar-refractivity contribution is 5.93. The molecule has 1 N–H and O–H groups in total. The van der Waals surface area contributed by atoms with Crippen molar-refractivity contribution >= 4 is 17.5 Å². The molecule has 0 bridgehead atoms. The second-order valence-electron chi connectivity index (χ2n) is 8.16. The lowest BCUT2D eigenvalue weighted by Crippen LogP contribution is -2.41. The summed E-state index contributed by atoms with van der Waals surface area (Å²) in [5.41, 5.74) is 1.88. The number of carbonyl (C=O) groups is 2. The third-order valence-corrected chi connectivity index (χ3v) is 5.85. The molecule has 0 unspecified atom stereocenters. The first-order valence-electron chi connectivity index (χ1n) is 11.4. The van der Waals surface area contributed by atoms with E-state index >= 15 is 0 Å². The molecule has 0 spiro atoms. The third kappa shape index (κ3) is 6.65. The minimum absolute atomic E-state index is 0.00819. The molecule has 172 valence electrons. The molecule has 2 heterocycles. The molecule has 1 fully saturated rings. The van der Waals surface area contributed by atoms with Gasteiger partial charge in [0.15, 0.2) is 0 Å². The number of hydrogen-bond donors (Lipinski definition) is 1. The van der Waals surface area contributed by atoms with Crippen LogP contribution in [0.3, 0.4) is 0 Å². The van der Waals surface area contributed by atoms with Gasteiger partial charge in [0, 0.05) is 37.2 Å².